The van der Waals surface area contributed by atoms with Crippen LogP contribution in [0.5, 0.6) is 0 Å². The van der Waals surface area contributed by atoms with Crippen LogP contribution < -0.4 is 10.4 Å². The van der Waals surface area contributed by atoms with E-state index in [9.17, 15) is 9.18 Å². The van der Waals surface area contributed by atoms with Gasteiger partial charge in [-0.2, -0.15) is 0 Å². The number of hydrogen-bond donors (Lipinski definition) is 3. The van der Waals surface area contributed by atoms with Crippen LogP contribution in [0.25, 0.3) is 22.0 Å². The highest BCUT2D eigenvalue weighted by Crippen LogP contribution is 2.32. The number of amides is 1. The Labute approximate surface area is 171 Å². The molecule has 1 aliphatic heterocycles. The topological polar surface area (TPSA) is 94.1 Å². The maximum Gasteiger partial charge on any atom is 0.277 e. The zero-order valence-corrected chi connectivity index (χ0v) is 15.9. The van der Waals surface area contributed by atoms with Crippen LogP contribution in [0.1, 0.15) is 21.6 Å². The van der Waals surface area contributed by atoms with Crippen molar-refractivity contribution in [3.8, 4) is 11.1 Å². The summed E-state index contributed by atoms with van der Waals surface area (Å²) < 4.78 is 13.3. The molecule has 0 radical (unpaired) electrons. The van der Waals surface area contributed by atoms with Crippen molar-refractivity contribution in [1.82, 2.24) is 20.4 Å². The molecule has 4 aromatic rings. The number of hydrogen-bond acceptors (Lipinski definition) is 5. The number of hydroxylamine groups is 1. The van der Waals surface area contributed by atoms with Gasteiger partial charge < -0.3 is 9.88 Å². The van der Waals surface area contributed by atoms with Crippen LogP contribution in [0, 0.1) is 5.82 Å². The molecule has 0 saturated carbocycles. The molecule has 8 heteroatoms. The minimum Gasteiger partial charge on any atom is -0.358 e. The summed E-state index contributed by atoms with van der Waals surface area (Å²) in [5, 5.41) is 9.84. The number of carbonyl (C=O) groups is 1. The minimum absolute atomic E-state index is 0.190. The van der Waals surface area contributed by atoms with Crippen LogP contribution in [-0.2, 0) is 13.0 Å². The van der Waals surface area contributed by atoms with Gasteiger partial charge in [0, 0.05) is 54.1 Å². The van der Waals surface area contributed by atoms with Gasteiger partial charge >= 0.3 is 0 Å². The van der Waals surface area contributed by atoms with Gasteiger partial charge in [-0.3, -0.25) is 10.0 Å². The maximum atomic E-state index is 13.3. The number of fused-ring (bicyclic) bond motifs is 3. The fourth-order valence-electron chi connectivity index (χ4n) is 3.87. The molecule has 1 aliphatic rings. The highest BCUT2D eigenvalue weighted by molar-refractivity contribution is 5.92. The van der Waals surface area contributed by atoms with Crippen LogP contribution in [-0.4, -0.2) is 32.6 Å². The number of benzene rings is 2. The summed E-state index contributed by atoms with van der Waals surface area (Å²) >= 11 is 0. The van der Waals surface area contributed by atoms with E-state index >= 15 is 0 Å². The smallest absolute Gasteiger partial charge is 0.277 e. The number of rotatable bonds is 3. The second kappa shape index (κ2) is 7.23. The number of halogens is 1. The Bertz CT molecular complexity index is 1240. The Morgan fingerprint density at radius 3 is 2.57 bits per heavy atom. The second-order valence-corrected chi connectivity index (χ2v) is 7.23. The molecule has 0 bridgehead atoms. The quantitative estimate of drug-likeness (QED) is 0.360. The van der Waals surface area contributed by atoms with E-state index in [1.807, 2.05) is 6.07 Å². The van der Waals surface area contributed by atoms with Gasteiger partial charge in [-0.1, -0.05) is 18.2 Å². The summed E-state index contributed by atoms with van der Waals surface area (Å²) in [4.78, 5) is 25.6. The molecule has 30 heavy (non-hydrogen) atoms. The van der Waals surface area contributed by atoms with E-state index in [0.29, 0.717) is 12.5 Å². The van der Waals surface area contributed by atoms with E-state index in [-0.39, 0.29) is 11.4 Å². The monoisotopic (exact) mass is 403 g/mol. The lowest BCUT2D eigenvalue weighted by Gasteiger charge is -2.27. The van der Waals surface area contributed by atoms with E-state index in [1.54, 1.807) is 17.6 Å². The Morgan fingerprint density at radius 2 is 1.83 bits per heavy atom. The summed E-state index contributed by atoms with van der Waals surface area (Å²) in [7, 11) is 0. The number of aromatic amines is 1. The predicted molar refractivity (Wildman–Crippen MR) is 110 cm³/mol. The summed E-state index contributed by atoms with van der Waals surface area (Å²) in [5.41, 5.74) is 7.18. The van der Waals surface area contributed by atoms with Gasteiger partial charge in [-0.25, -0.2) is 19.8 Å². The molecule has 3 heterocycles. The molecule has 0 fully saturated rings. The number of nitrogens with one attached hydrogen (secondary N) is 2. The van der Waals surface area contributed by atoms with Crippen molar-refractivity contribution in [2.45, 2.75) is 13.0 Å². The van der Waals surface area contributed by atoms with Crippen LogP contribution in [0.15, 0.2) is 54.9 Å². The summed E-state index contributed by atoms with van der Waals surface area (Å²) in [6.45, 7) is 1.38. The largest absolute Gasteiger partial charge is 0.358 e. The number of carbonyl (C=O) groups excluding carboxylic acids is 1. The molecule has 0 saturated heterocycles. The molecule has 0 atom stereocenters. The fourth-order valence-corrected chi connectivity index (χ4v) is 3.87. The fraction of sp³-hybridized carbons (Fsp3) is 0.136. The van der Waals surface area contributed by atoms with E-state index in [4.69, 9.17) is 5.21 Å². The molecule has 5 rings (SSSR count). The van der Waals surface area contributed by atoms with Crippen molar-refractivity contribution in [3.05, 3.63) is 77.5 Å². The number of nitrogens with zero attached hydrogens (tertiary/aromatic N) is 3. The first-order valence-electron chi connectivity index (χ1n) is 9.53. The summed E-state index contributed by atoms with van der Waals surface area (Å²) in [6, 6.07) is 12.7. The third-order valence-electron chi connectivity index (χ3n) is 5.44. The van der Waals surface area contributed by atoms with E-state index in [1.165, 1.54) is 35.8 Å². The Kier molecular flexibility index (Phi) is 4.40. The first-order chi connectivity index (χ1) is 14.6. The van der Waals surface area contributed by atoms with E-state index < -0.39 is 5.91 Å². The molecule has 0 spiro atoms. The molecule has 7 nitrogen and oxygen atoms in total. The first-order valence-corrected chi connectivity index (χ1v) is 9.53. The number of H-pyrrole nitrogens is 1. The normalized spacial score (nSPS) is 13.3. The lowest BCUT2D eigenvalue weighted by Crippen LogP contribution is -2.31. The van der Waals surface area contributed by atoms with Crippen molar-refractivity contribution in [2.75, 3.05) is 11.4 Å². The van der Waals surface area contributed by atoms with Crippen molar-refractivity contribution >= 4 is 22.8 Å². The molecule has 0 aliphatic carbocycles. The summed E-state index contributed by atoms with van der Waals surface area (Å²) in [5.74, 6) is -0.372. The Balaban J connectivity index is 1.47. The first kappa shape index (κ1) is 18.3. The lowest BCUT2D eigenvalue weighted by molar-refractivity contribution is 0.0705. The molecule has 2 aromatic heterocycles. The van der Waals surface area contributed by atoms with Crippen molar-refractivity contribution in [1.29, 1.82) is 0 Å². The Hall–Kier alpha value is -3.78. The molecule has 150 valence electrons. The molecule has 1 amide bonds. The molecule has 2 aromatic carbocycles. The predicted octanol–water partition coefficient (Wildman–Crippen LogP) is 3.45. The zero-order chi connectivity index (χ0) is 20.7. The van der Waals surface area contributed by atoms with Crippen LogP contribution in [0.4, 0.5) is 10.3 Å². The van der Waals surface area contributed by atoms with Gasteiger partial charge in [0.2, 0.25) is 5.95 Å². The Morgan fingerprint density at radius 1 is 1.10 bits per heavy atom. The maximum absolute atomic E-state index is 13.3. The van der Waals surface area contributed by atoms with Crippen molar-refractivity contribution in [3.63, 3.8) is 0 Å². The highest BCUT2D eigenvalue weighted by Gasteiger charge is 2.23. The second-order valence-electron chi connectivity index (χ2n) is 7.23. The number of aromatic nitrogens is 3. The summed E-state index contributed by atoms with van der Waals surface area (Å²) in [6.07, 6.45) is 3.61. The van der Waals surface area contributed by atoms with Crippen molar-refractivity contribution < 1.29 is 14.4 Å². The van der Waals surface area contributed by atoms with Gasteiger partial charge in [0.1, 0.15) is 5.82 Å². The van der Waals surface area contributed by atoms with Gasteiger partial charge in [0.05, 0.1) is 5.56 Å². The average Bonchev–Trinajstić information content (AvgIpc) is 3.16. The highest BCUT2D eigenvalue weighted by atomic mass is 19.1. The van der Waals surface area contributed by atoms with Crippen LogP contribution >= 0.6 is 0 Å². The molecular weight excluding hydrogens is 385 g/mol. The number of anilines is 1. The molecule has 0 unspecified atom stereocenters. The van der Waals surface area contributed by atoms with Gasteiger partial charge in [0.15, 0.2) is 0 Å². The lowest BCUT2D eigenvalue weighted by atomic mass is 10.00. The van der Waals surface area contributed by atoms with Crippen LogP contribution in [0.2, 0.25) is 0 Å². The minimum atomic E-state index is -0.646. The van der Waals surface area contributed by atoms with Gasteiger partial charge in [0.25, 0.3) is 5.91 Å². The van der Waals surface area contributed by atoms with Crippen LogP contribution in [0.3, 0.4) is 0 Å². The zero-order valence-electron chi connectivity index (χ0n) is 15.9. The standard InChI is InChI=1S/C22H18FN5O2/c23-16-4-1-13(2-5-16)14-3-6-19-17(9-14)18-12-28(8-7-20(18)26-19)22-24-10-15(11-25-22)21(29)27-30/h1-6,9-11,26,30H,7-8,12H2,(H,27,29). The third-order valence-corrected chi connectivity index (χ3v) is 5.44. The third kappa shape index (κ3) is 3.17. The average molecular weight is 403 g/mol. The van der Waals surface area contributed by atoms with Crippen molar-refractivity contribution in [2.24, 2.45) is 0 Å². The molecular formula is C22H18FN5O2. The van der Waals surface area contributed by atoms with Gasteiger partial charge in [-0.15, -0.1) is 0 Å². The van der Waals surface area contributed by atoms with Gasteiger partial charge in [-0.05, 0) is 35.4 Å². The SMILES string of the molecule is O=C(NO)c1cnc(N2CCc3[nH]c4ccc(-c5ccc(F)cc5)cc4c3C2)nc1. The van der Waals surface area contributed by atoms with E-state index in [2.05, 4.69) is 32.0 Å². The molecule has 3 N–H and O–H groups in total. The van der Waals surface area contributed by atoms with E-state index in [0.717, 1.165) is 35.0 Å².